The number of carbonyl (C=O) groups excluding carboxylic acids is 3. The molecular weight excluding hydrogens is 604 g/mol. The molecule has 268 valence electrons. The summed E-state index contributed by atoms with van der Waals surface area (Å²) in [4.78, 5) is 51.9. The molecule has 3 N–H and O–H groups in total. The quantitative estimate of drug-likeness (QED) is 0.227. The highest BCUT2D eigenvalue weighted by molar-refractivity contribution is 6.02. The number of ether oxygens (including phenoxy) is 1. The fourth-order valence-electron chi connectivity index (χ4n) is 12.4. The first kappa shape index (κ1) is 35.4. The smallest absolute Gasteiger partial charge is 0.315 e. The number of rotatable bonds is 8. The maximum atomic E-state index is 13.8. The van der Waals surface area contributed by atoms with Crippen LogP contribution in [0.3, 0.4) is 0 Å². The highest BCUT2D eigenvalue weighted by atomic mass is 16.5. The summed E-state index contributed by atoms with van der Waals surface area (Å²) in [5.41, 5.74) is 0.382. The number of aliphatic carboxylic acids is 1. The van der Waals surface area contributed by atoms with E-state index in [0.717, 1.165) is 56.9 Å². The van der Waals surface area contributed by atoms with Crippen molar-refractivity contribution in [3.05, 3.63) is 11.1 Å². The Morgan fingerprint density at radius 2 is 1.58 bits per heavy atom. The number of hydrogen-bond donors (Lipinski definition) is 3. The number of amides is 2. The molecule has 0 aromatic heterocycles. The average molecular weight is 667 g/mol. The summed E-state index contributed by atoms with van der Waals surface area (Å²) < 4.78 is 6.14. The molecule has 2 amide bonds. The second-order valence-corrected chi connectivity index (χ2v) is 19.3. The summed E-state index contributed by atoms with van der Waals surface area (Å²) in [6.07, 6.45) is 10.2. The van der Waals surface area contributed by atoms with Crippen LogP contribution in [0, 0.1) is 56.7 Å². The Kier molecular flexibility index (Phi) is 8.55. The molecule has 8 atom stereocenters. The predicted octanol–water partition coefficient (Wildman–Crippen LogP) is 7.84. The number of hydrogen-bond acceptors (Lipinski definition) is 5. The lowest BCUT2D eigenvalue weighted by atomic mass is 9.33. The minimum Gasteiger partial charge on any atom is -0.481 e. The highest BCUT2D eigenvalue weighted by Crippen LogP contribution is 2.76. The summed E-state index contributed by atoms with van der Waals surface area (Å²) in [5.74, 6) is 0.646. The number of carboxylic acid groups (broad SMARTS) is 1. The third kappa shape index (κ3) is 5.36. The molecule has 8 nitrogen and oxygen atoms in total. The molecule has 5 fully saturated rings. The van der Waals surface area contributed by atoms with E-state index in [4.69, 9.17) is 4.74 Å². The number of esters is 1. The number of carboxylic acids is 1. The van der Waals surface area contributed by atoms with Crippen LogP contribution in [0.4, 0.5) is 4.79 Å². The zero-order chi connectivity index (χ0) is 35.2. The zero-order valence-electron chi connectivity index (χ0n) is 31.1. The molecule has 0 bridgehead atoms. The first-order valence-corrected chi connectivity index (χ1v) is 19.0. The zero-order valence-corrected chi connectivity index (χ0v) is 31.1. The van der Waals surface area contributed by atoms with Crippen LogP contribution in [0.25, 0.3) is 0 Å². The fourth-order valence-corrected chi connectivity index (χ4v) is 12.4. The SMILES string of the molecule is CC(C)C1=C2[C@H]3CC[C@@H]4[C@@]5(C)CC[C@H](OC(=O)CC(C)(C)C(=O)O)C(C)(C)[C@@H]5CC[C@@]4(C)[C@]3(C)CC[C@@]2(NC(=O)NCC2CC2)CC1=O. The minimum absolute atomic E-state index is 0.00443. The minimum atomic E-state index is -1.16. The Balaban J connectivity index is 1.27. The summed E-state index contributed by atoms with van der Waals surface area (Å²) in [5, 5.41) is 16.1. The second-order valence-electron chi connectivity index (χ2n) is 19.3. The number of urea groups is 1. The molecule has 0 saturated heterocycles. The lowest BCUT2D eigenvalue weighted by Gasteiger charge is -2.72. The summed E-state index contributed by atoms with van der Waals surface area (Å²) in [6.45, 7) is 20.3. The van der Waals surface area contributed by atoms with Crippen LogP contribution in [0.2, 0.25) is 0 Å². The highest BCUT2D eigenvalue weighted by Gasteiger charge is 2.70. The Labute approximate surface area is 288 Å². The van der Waals surface area contributed by atoms with E-state index in [1.54, 1.807) is 13.8 Å². The van der Waals surface area contributed by atoms with Gasteiger partial charge in [-0.15, -0.1) is 0 Å². The topological polar surface area (TPSA) is 122 Å². The Morgan fingerprint density at radius 3 is 2.21 bits per heavy atom. The molecule has 0 spiro atoms. The molecule has 6 aliphatic rings. The molecule has 48 heavy (non-hydrogen) atoms. The lowest BCUT2D eigenvalue weighted by molar-refractivity contribution is -0.232. The summed E-state index contributed by atoms with van der Waals surface area (Å²) in [7, 11) is 0. The average Bonchev–Trinajstić information content (AvgIpc) is 3.75. The van der Waals surface area contributed by atoms with E-state index >= 15 is 0 Å². The number of nitrogens with one attached hydrogen (secondary N) is 2. The Bertz CT molecular complexity index is 1410. The van der Waals surface area contributed by atoms with E-state index < -0.39 is 22.9 Å². The fraction of sp³-hybridized carbons (Fsp3) is 0.850. The van der Waals surface area contributed by atoms with Gasteiger partial charge in [-0.05, 0) is 135 Å². The molecule has 0 aromatic rings. The van der Waals surface area contributed by atoms with Gasteiger partial charge in [0.05, 0.1) is 17.4 Å². The third-order valence-corrected chi connectivity index (χ3v) is 15.4. The van der Waals surface area contributed by atoms with Crippen molar-refractivity contribution in [2.24, 2.45) is 56.7 Å². The van der Waals surface area contributed by atoms with Crippen LogP contribution in [0.15, 0.2) is 11.1 Å². The lowest BCUT2D eigenvalue weighted by Crippen LogP contribution is -2.67. The van der Waals surface area contributed by atoms with Crippen molar-refractivity contribution in [2.45, 2.75) is 151 Å². The van der Waals surface area contributed by atoms with Crippen molar-refractivity contribution < 1.29 is 29.0 Å². The van der Waals surface area contributed by atoms with Gasteiger partial charge in [0, 0.05) is 18.4 Å². The van der Waals surface area contributed by atoms with Crippen molar-refractivity contribution in [3.63, 3.8) is 0 Å². The molecule has 0 heterocycles. The van der Waals surface area contributed by atoms with Crippen molar-refractivity contribution in [2.75, 3.05) is 6.54 Å². The van der Waals surface area contributed by atoms with Crippen LogP contribution >= 0.6 is 0 Å². The molecule has 0 aliphatic heterocycles. The van der Waals surface area contributed by atoms with Crippen LogP contribution < -0.4 is 10.6 Å². The number of ketones is 1. The Hall–Kier alpha value is -2.38. The first-order valence-electron chi connectivity index (χ1n) is 19.0. The van der Waals surface area contributed by atoms with Gasteiger partial charge in [0.1, 0.15) is 6.10 Å². The van der Waals surface area contributed by atoms with E-state index in [1.165, 1.54) is 18.4 Å². The number of allylic oxidation sites excluding steroid dienone is 1. The molecule has 6 aliphatic carbocycles. The van der Waals surface area contributed by atoms with Gasteiger partial charge in [-0.1, -0.05) is 48.5 Å². The number of carbonyl (C=O) groups is 4. The number of Topliss-reactive ketones (excluding diaryl/α,β-unsaturated/α-hetero) is 1. The van der Waals surface area contributed by atoms with Gasteiger partial charge in [-0.3, -0.25) is 14.4 Å². The largest absolute Gasteiger partial charge is 0.481 e. The van der Waals surface area contributed by atoms with Crippen molar-refractivity contribution in [3.8, 4) is 0 Å². The molecule has 0 unspecified atom stereocenters. The molecular formula is C40H62N2O6. The third-order valence-electron chi connectivity index (χ3n) is 15.4. The standard InChI is InChI=1S/C40H62N2O6/c1-23(2)31-26(43)20-40(42-34(47)41-22-24-10-11-24)19-18-38(8)25(32(31)40)12-13-28-37(7)16-15-29(48-30(44)21-35(3,4)33(45)46)36(5,6)27(37)14-17-39(28,38)9/h23-25,27-29H,10-22H2,1-9H3,(H,45,46)(H2,41,42,47)/t25-,27+,28-,29+,37+,38-,39-,40-/m1/s1. The van der Waals surface area contributed by atoms with Crippen molar-refractivity contribution in [1.82, 2.24) is 10.6 Å². The van der Waals surface area contributed by atoms with E-state index in [9.17, 15) is 24.3 Å². The predicted molar refractivity (Wildman–Crippen MR) is 185 cm³/mol. The summed E-state index contributed by atoms with van der Waals surface area (Å²) in [6, 6.07) is -0.125. The van der Waals surface area contributed by atoms with Crippen LogP contribution in [0.5, 0.6) is 0 Å². The van der Waals surface area contributed by atoms with E-state index in [2.05, 4.69) is 59.1 Å². The van der Waals surface area contributed by atoms with Gasteiger partial charge in [-0.25, -0.2) is 4.79 Å². The van der Waals surface area contributed by atoms with Crippen LogP contribution in [-0.4, -0.2) is 47.0 Å². The van der Waals surface area contributed by atoms with Crippen molar-refractivity contribution >= 4 is 23.8 Å². The second kappa shape index (κ2) is 11.6. The van der Waals surface area contributed by atoms with Crippen LogP contribution in [0.1, 0.15) is 139 Å². The Morgan fingerprint density at radius 1 is 0.896 bits per heavy atom. The first-order chi connectivity index (χ1) is 22.2. The molecule has 8 heteroatoms. The molecule has 0 radical (unpaired) electrons. The maximum absolute atomic E-state index is 13.8. The molecule has 5 saturated carbocycles. The monoisotopic (exact) mass is 666 g/mol. The molecule has 6 rings (SSSR count). The van der Waals surface area contributed by atoms with Gasteiger partial charge in [0.15, 0.2) is 5.78 Å². The van der Waals surface area contributed by atoms with Gasteiger partial charge < -0.3 is 20.5 Å². The van der Waals surface area contributed by atoms with E-state index in [0.29, 0.717) is 30.7 Å². The van der Waals surface area contributed by atoms with Crippen molar-refractivity contribution in [1.29, 1.82) is 0 Å². The summed E-state index contributed by atoms with van der Waals surface area (Å²) >= 11 is 0. The van der Waals surface area contributed by atoms with Gasteiger partial charge in [-0.2, -0.15) is 0 Å². The van der Waals surface area contributed by atoms with Gasteiger partial charge in [0.25, 0.3) is 0 Å². The van der Waals surface area contributed by atoms with E-state index in [1.807, 2.05) is 0 Å². The van der Waals surface area contributed by atoms with Gasteiger partial charge in [0.2, 0.25) is 0 Å². The van der Waals surface area contributed by atoms with E-state index in [-0.39, 0.29) is 57.8 Å². The van der Waals surface area contributed by atoms with Gasteiger partial charge >= 0.3 is 18.0 Å². The normalized spacial score (nSPS) is 40.3. The number of fused-ring (bicyclic) bond motifs is 7. The molecule has 0 aromatic carbocycles. The maximum Gasteiger partial charge on any atom is 0.315 e. The van der Waals surface area contributed by atoms with Crippen LogP contribution in [-0.2, 0) is 19.1 Å².